The highest BCUT2D eigenvalue weighted by Gasteiger charge is 2.21. The number of esters is 1. The molecule has 0 bridgehead atoms. The first-order chi connectivity index (χ1) is 13.7. The van der Waals surface area contributed by atoms with E-state index in [1.807, 2.05) is 48.9 Å². The van der Waals surface area contributed by atoms with Gasteiger partial charge in [-0.1, -0.05) is 18.2 Å². The van der Waals surface area contributed by atoms with Gasteiger partial charge >= 0.3 is 12.0 Å². The molecule has 29 heavy (non-hydrogen) atoms. The summed E-state index contributed by atoms with van der Waals surface area (Å²) in [6, 6.07) is 8.98. The number of aryl methyl sites for hydroxylation is 1. The van der Waals surface area contributed by atoms with Crippen molar-refractivity contribution in [1.29, 1.82) is 0 Å². The van der Waals surface area contributed by atoms with E-state index in [1.54, 1.807) is 13.8 Å². The predicted molar refractivity (Wildman–Crippen MR) is 111 cm³/mol. The summed E-state index contributed by atoms with van der Waals surface area (Å²) >= 11 is 1.30. The van der Waals surface area contributed by atoms with Gasteiger partial charge in [-0.15, -0.1) is 11.8 Å². The van der Waals surface area contributed by atoms with Gasteiger partial charge in [0.15, 0.2) is 6.10 Å². The summed E-state index contributed by atoms with van der Waals surface area (Å²) in [7, 11) is 0. The number of rotatable bonds is 7. The van der Waals surface area contributed by atoms with Gasteiger partial charge in [-0.05, 0) is 46.8 Å². The van der Waals surface area contributed by atoms with Crippen LogP contribution in [0.1, 0.15) is 32.2 Å². The van der Waals surface area contributed by atoms with E-state index in [0.717, 1.165) is 22.0 Å². The molecule has 1 aromatic heterocycles. The molecule has 3 amide bonds. The molecule has 1 heterocycles. The molecule has 0 aliphatic heterocycles. The van der Waals surface area contributed by atoms with E-state index in [1.165, 1.54) is 18.7 Å². The van der Waals surface area contributed by atoms with Gasteiger partial charge in [-0.3, -0.25) is 14.9 Å². The molecule has 0 spiro atoms. The van der Waals surface area contributed by atoms with Crippen molar-refractivity contribution < 1.29 is 19.1 Å². The number of hydrogen-bond acceptors (Lipinski definition) is 6. The van der Waals surface area contributed by atoms with E-state index < -0.39 is 24.0 Å². The van der Waals surface area contributed by atoms with Crippen LogP contribution < -0.4 is 10.6 Å². The molecule has 0 aliphatic rings. The van der Waals surface area contributed by atoms with E-state index in [2.05, 4.69) is 15.7 Å². The summed E-state index contributed by atoms with van der Waals surface area (Å²) in [5.41, 5.74) is 2.66. The molecule has 2 aromatic rings. The number of nitrogens with zero attached hydrogens (tertiary/aromatic N) is 2. The van der Waals surface area contributed by atoms with E-state index in [4.69, 9.17) is 4.74 Å². The van der Waals surface area contributed by atoms with Crippen LogP contribution in [0.25, 0.3) is 5.69 Å². The standard InChI is InChI=1S/C20H26N4O4S/c1-12(2)21-20(27)22-19(26)15(5)28-17(25)11-29-18-13(3)23-24(14(18)4)16-9-7-6-8-10-16/h6-10,12,15H,11H2,1-5H3,(H2,21,22,26,27)/t15-/m1/s1. The number of nitrogens with one attached hydrogen (secondary N) is 2. The molecule has 2 rings (SSSR count). The molecule has 156 valence electrons. The highest BCUT2D eigenvalue weighted by Crippen LogP contribution is 2.28. The number of aromatic nitrogens is 2. The van der Waals surface area contributed by atoms with Crippen LogP contribution in [0.5, 0.6) is 0 Å². The molecule has 1 atom stereocenters. The van der Waals surface area contributed by atoms with Gasteiger partial charge in [0.1, 0.15) is 0 Å². The zero-order valence-electron chi connectivity index (χ0n) is 17.2. The Bertz CT molecular complexity index is 880. The Labute approximate surface area is 174 Å². The van der Waals surface area contributed by atoms with Crippen LogP contribution in [0.3, 0.4) is 0 Å². The fourth-order valence-electron chi connectivity index (χ4n) is 2.59. The van der Waals surface area contributed by atoms with Crippen molar-refractivity contribution in [2.75, 3.05) is 5.75 Å². The number of amides is 3. The molecular formula is C20H26N4O4S. The van der Waals surface area contributed by atoms with Gasteiger partial charge in [0.2, 0.25) is 0 Å². The van der Waals surface area contributed by atoms with Crippen molar-refractivity contribution in [2.45, 2.75) is 51.7 Å². The first kappa shape index (κ1) is 22.5. The molecular weight excluding hydrogens is 392 g/mol. The lowest BCUT2D eigenvalue weighted by Crippen LogP contribution is -2.46. The minimum atomic E-state index is -1.07. The zero-order valence-corrected chi connectivity index (χ0v) is 18.0. The number of ether oxygens (including phenoxy) is 1. The second kappa shape index (κ2) is 10.1. The number of para-hydroxylation sites is 1. The van der Waals surface area contributed by atoms with E-state index in [9.17, 15) is 14.4 Å². The van der Waals surface area contributed by atoms with Crippen molar-refractivity contribution >= 4 is 29.7 Å². The summed E-state index contributed by atoms with van der Waals surface area (Å²) in [6.07, 6.45) is -1.07. The maximum atomic E-state index is 12.1. The van der Waals surface area contributed by atoms with Gasteiger partial charge in [-0.2, -0.15) is 5.10 Å². The molecule has 0 aliphatic carbocycles. The van der Waals surface area contributed by atoms with Gasteiger partial charge in [0, 0.05) is 6.04 Å². The van der Waals surface area contributed by atoms with Gasteiger partial charge in [0.05, 0.1) is 27.7 Å². The Kier molecular flexibility index (Phi) is 7.83. The summed E-state index contributed by atoms with van der Waals surface area (Å²) in [6.45, 7) is 8.78. The second-order valence-electron chi connectivity index (χ2n) is 6.79. The Morgan fingerprint density at radius 1 is 1.14 bits per heavy atom. The molecule has 0 fully saturated rings. The highest BCUT2D eigenvalue weighted by atomic mass is 32.2. The number of urea groups is 1. The summed E-state index contributed by atoms with van der Waals surface area (Å²) in [5.74, 6) is -1.20. The fraction of sp³-hybridized carbons (Fsp3) is 0.400. The van der Waals surface area contributed by atoms with E-state index in [0.29, 0.717) is 0 Å². The molecule has 2 N–H and O–H groups in total. The minimum absolute atomic E-state index is 0.0258. The Balaban J connectivity index is 1.92. The lowest BCUT2D eigenvalue weighted by atomic mass is 10.3. The molecule has 9 heteroatoms. The number of imide groups is 1. The largest absolute Gasteiger partial charge is 0.452 e. The Morgan fingerprint density at radius 2 is 1.79 bits per heavy atom. The average molecular weight is 419 g/mol. The lowest BCUT2D eigenvalue weighted by Gasteiger charge is -2.14. The quantitative estimate of drug-likeness (QED) is 0.529. The minimum Gasteiger partial charge on any atom is -0.452 e. The Hall–Kier alpha value is -2.81. The third-order valence-electron chi connectivity index (χ3n) is 3.89. The number of carbonyl (C=O) groups excluding carboxylic acids is 3. The van der Waals surface area contributed by atoms with Gasteiger partial charge < -0.3 is 10.1 Å². The number of thioether (sulfide) groups is 1. The molecule has 0 saturated carbocycles. The van der Waals surface area contributed by atoms with Crippen molar-refractivity contribution in [3.05, 3.63) is 41.7 Å². The van der Waals surface area contributed by atoms with Crippen molar-refractivity contribution in [2.24, 2.45) is 0 Å². The smallest absolute Gasteiger partial charge is 0.321 e. The second-order valence-corrected chi connectivity index (χ2v) is 7.77. The molecule has 1 aromatic carbocycles. The summed E-state index contributed by atoms with van der Waals surface area (Å²) in [5, 5.41) is 9.21. The van der Waals surface area contributed by atoms with E-state index in [-0.39, 0.29) is 11.8 Å². The average Bonchev–Trinajstić information content (AvgIpc) is 2.93. The lowest BCUT2D eigenvalue weighted by molar-refractivity contribution is -0.151. The van der Waals surface area contributed by atoms with Gasteiger partial charge in [0.25, 0.3) is 5.91 Å². The van der Waals surface area contributed by atoms with Crippen LogP contribution in [0.4, 0.5) is 4.79 Å². The van der Waals surface area contributed by atoms with Crippen molar-refractivity contribution in [1.82, 2.24) is 20.4 Å². The number of carbonyl (C=O) groups is 3. The number of benzene rings is 1. The molecule has 0 saturated heterocycles. The third-order valence-corrected chi connectivity index (χ3v) is 5.15. The molecule has 0 radical (unpaired) electrons. The third kappa shape index (κ3) is 6.35. The Morgan fingerprint density at radius 3 is 2.41 bits per heavy atom. The SMILES string of the molecule is Cc1nn(-c2ccccc2)c(C)c1SCC(=O)O[C@H](C)C(=O)NC(=O)NC(C)C. The summed E-state index contributed by atoms with van der Waals surface area (Å²) in [4.78, 5) is 36.5. The van der Waals surface area contributed by atoms with E-state index >= 15 is 0 Å². The topological polar surface area (TPSA) is 102 Å². The predicted octanol–water partition coefficient (Wildman–Crippen LogP) is 2.75. The van der Waals surface area contributed by atoms with Crippen molar-refractivity contribution in [3.8, 4) is 5.69 Å². The van der Waals surface area contributed by atoms with Crippen LogP contribution in [-0.2, 0) is 14.3 Å². The van der Waals surface area contributed by atoms with Crippen molar-refractivity contribution in [3.63, 3.8) is 0 Å². The first-order valence-electron chi connectivity index (χ1n) is 9.24. The summed E-state index contributed by atoms with van der Waals surface area (Å²) < 4.78 is 6.96. The van der Waals surface area contributed by atoms with Crippen LogP contribution in [0.2, 0.25) is 0 Å². The van der Waals surface area contributed by atoms with Crippen LogP contribution in [-0.4, -0.2) is 45.6 Å². The monoisotopic (exact) mass is 418 g/mol. The highest BCUT2D eigenvalue weighted by molar-refractivity contribution is 8.00. The first-order valence-corrected chi connectivity index (χ1v) is 10.2. The molecule has 8 nitrogen and oxygen atoms in total. The fourth-order valence-corrected chi connectivity index (χ4v) is 3.46. The zero-order chi connectivity index (χ0) is 21.6. The number of hydrogen-bond donors (Lipinski definition) is 2. The van der Waals surface area contributed by atoms with Crippen LogP contribution in [0, 0.1) is 13.8 Å². The van der Waals surface area contributed by atoms with Crippen LogP contribution >= 0.6 is 11.8 Å². The van der Waals surface area contributed by atoms with Crippen LogP contribution in [0.15, 0.2) is 35.2 Å². The van der Waals surface area contributed by atoms with Gasteiger partial charge in [-0.25, -0.2) is 9.48 Å². The molecule has 0 unspecified atom stereocenters. The maximum Gasteiger partial charge on any atom is 0.321 e. The normalized spacial score (nSPS) is 11.8. The maximum absolute atomic E-state index is 12.1.